The number of hydrogen-bond donors (Lipinski definition) is 1. The topological polar surface area (TPSA) is 49.4 Å². The van der Waals surface area contributed by atoms with Gasteiger partial charge in [-0.05, 0) is 47.7 Å². The first-order chi connectivity index (χ1) is 18.5. The number of halogens is 2. The van der Waals surface area contributed by atoms with E-state index in [2.05, 4.69) is 5.32 Å². The molecule has 0 bridgehead atoms. The monoisotopic (exact) mass is 552 g/mol. The number of nitrogens with zero attached hydrogens (tertiary/aromatic N) is 1. The zero-order chi connectivity index (χ0) is 26.7. The number of amides is 2. The lowest BCUT2D eigenvalue weighted by atomic mass is 9.94. The molecular weight excluding hydrogens is 519 g/mol. The molecule has 0 spiro atoms. The smallest absolute Gasteiger partial charge is 0.243 e. The number of benzene rings is 3. The number of nitrogens with one attached hydrogen (secondary N) is 1. The molecule has 3 aromatic carbocycles. The molecular formula is C31H34ClFN2O2S. The minimum Gasteiger partial charge on any atom is -0.352 e. The molecule has 1 aliphatic carbocycles. The Morgan fingerprint density at radius 1 is 0.921 bits per heavy atom. The zero-order valence-electron chi connectivity index (χ0n) is 21.5. The Balaban J connectivity index is 1.56. The van der Waals surface area contributed by atoms with E-state index in [4.69, 9.17) is 11.6 Å². The van der Waals surface area contributed by atoms with Crippen molar-refractivity contribution in [2.45, 2.75) is 62.9 Å². The summed E-state index contributed by atoms with van der Waals surface area (Å²) in [7, 11) is 0. The molecule has 0 radical (unpaired) electrons. The first-order valence-electron chi connectivity index (χ1n) is 13.2. The van der Waals surface area contributed by atoms with Gasteiger partial charge in [0.05, 0.1) is 5.75 Å². The Bertz CT molecular complexity index is 1190. The summed E-state index contributed by atoms with van der Waals surface area (Å²) in [6, 6.07) is 23.0. The van der Waals surface area contributed by atoms with E-state index < -0.39 is 6.04 Å². The fraction of sp³-hybridized carbons (Fsp3) is 0.355. The molecule has 1 aliphatic rings. The molecule has 0 unspecified atom stereocenters. The van der Waals surface area contributed by atoms with Crippen LogP contribution in [0.3, 0.4) is 0 Å². The normalized spacial score (nSPS) is 14.6. The molecule has 4 nitrogen and oxygen atoms in total. The third-order valence-corrected chi connectivity index (χ3v) is 8.29. The molecule has 0 saturated heterocycles. The average molecular weight is 553 g/mol. The van der Waals surface area contributed by atoms with E-state index in [1.807, 2.05) is 48.5 Å². The Kier molecular flexibility index (Phi) is 10.6. The van der Waals surface area contributed by atoms with Gasteiger partial charge < -0.3 is 10.2 Å². The molecule has 0 aromatic heterocycles. The van der Waals surface area contributed by atoms with Gasteiger partial charge in [-0.3, -0.25) is 9.59 Å². The number of thioether (sulfide) groups is 1. The van der Waals surface area contributed by atoms with Gasteiger partial charge in [0.25, 0.3) is 0 Å². The van der Waals surface area contributed by atoms with Crippen LogP contribution in [0.15, 0.2) is 78.9 Å². The summed E-state index contributed by atoms with van der Waals surface area (Å²) in [6.45, 7) is 0.241. The van der Waals surface area contributed by atoms with E-state index in [1.54, 1.807) is 23.1 Å². The predicted molar refractivity (Wildman–Crippen MR) is 154 cm³/mol. The van der Waals surface area contributed by atoms with Gasteiger partial charge in [-0.2, -0.15) is 0 Å². The van der Waals surface area contributed by atoms with Gasteiger partial charge in [0.1, 0.15) is 11.9 Å². The minimum absolute atomic E-state index is 0.121. The Labute approximate surface area is 234 Å². The molecule has 3 aromatic rings. The van der Waals surface area contributed by atoms with Crippen molar-refractivity contribution in [3.05, 3.63) is 106 Å². The van der Waals surface area contributed by atoms with Crippen molar-refractivity contribution in [2.75, 3.05) is 5.75 Å². The summed E-state index contributed by atoms with van der Waals surface area (Å²) in [4.78, 5) is 29.2. The maximum atomic E-state index is 13.8. The molecule has 2 amide bonds. The summed E-state index contributed by atoms with van der Waals surface area (Å²) in [6.07, 6.45) is 5.76. The summed E-state index contributed by atoms with van der Waals surface area (Å²) in [5.41, 5.74) is 2.74. The Hall–Kier alpha value is -2.83. The number of carbonyl (C=O) groups excluding carboxylic acids is 2. The lowest BCUT2D eigenvalue weighted by Crippen LogP contribution is -2.53. The fourth-order valence-electron chi connectivity index (χ4n) is 4.83. The van der Waals surface area contributed by atoms with Crippen molar-refractivity contribution in [3.8, 4) is 0 Å². The lowest BCUT2D eigenvalue weighted by Gasteiger charge is -2.33. The summed E-state index contributed by atoms with van der Waals surface area (Å²) in [5, 5.41) is 3.82. The van der Waals surface area contributed by atoms with E-state index in [9.17, 15) is 14.0 Å². The highest BCUT2D eigenvalue weighted by Crippen LogP contribution is 2.23. The first kappa shape index (κ1) is 28.2. The van der Waals surface area contributed by atoms with Crippen LogP contribution in [0.1, 0.15) is 48.8 Å². The molecule has 1 atom stereocenters. The lowest BCUT2D eigenvalue weighted by molar-refractivity contribution is -0.139. The van der Waals surface area contributed by atoms with Gasteiger partial charge >= 0.3 is 0 Å². The van der Waals surface area contributed by atoms with Crippen LogP contribution in [-0.4, -0.2) is 34.6 Å². The highest BCUT2D eigenvalue weighted by molar-refractivity contribution is 7.99. The number of carbonyl (C=O) groups is 2. The molecule has 4 rings (SSSR count). The predicted octanol–water partition coefficient (Wildman–Crippen LogP) is 6.80. The third kappa shape index (κ3) is 8.34. The van der Waals surface area contributed by atoms with Gasteiger partial charge in [-0.25, -0.2) is 4.39 Å². The molecule has 1 saturated carbocycles. The summed E-state index contributed by atoms with van der Waals surface area (Å²) >= 11 is 7.95. The van der Waals surface area contributed by atoms with Gasteiger partial charge in [0.2, 0.25) is 11.8 Å². The van der Waals surface area contributed by atoms with E-state index in [0.29, 0.717) is 17.2 Å². The molecule has 0 aliphatic heterocycles. The molecule has 7 heteroatoms. The van der Waals surface area contributed by atoms with Gasteiger partial charge in [-0.15, -0.1) is 11.8 Å². The van der Waals surface area contributed by atoms with Crippen molar-refractivity contribution >= 4 is 35.2 Å². The van der Waals surface area contributed by atoms with E-state index >= 15 is 0 Å². The number of rotatable bonds is 11. The van der Waals surface area contributed by atoms with E-state index in [1.165, 1.54) is 30.3 Å². The second-order valence-corrected chi connectivity index (χ2v) is 11.2. The Morgan fingerprint density at radius 2 is 1.61 bits per heavy atom. The molecule has 38 heavy (non-hydrogen) atoms. The van der Waals surface area contributed by atoms with Crippen molar-refractivity contribution in [3.63, 3.8) is 0 Å². The van der Waals surface area contributed by atoms with Gasteiger partial charge in [0, 0.05) is 29.8 Å². The molecule has 1 N–H and O–H groups in total. The van der Waals surface area contributed by atoms with Crippen LogP contribution >= 0.6 is 23.4 Å². The number of hydrogen-bond acceptors (Lipinski definition) is 3. The third-order valence-electron chi connectivity index (χ3n) is 6.93. The largest absolute Gasteiger partial charge is 0.352 e. The van der Waals surface area contributed by atoms with Gasteiger partial charge in [0.15, 0.2) is 0 Å². The van der Waals surface area contributed by atoms with E-state index in [0.717, 1.165) is 42.4 Å². The van der Waals surface area contributed by atoms with Crippen LogP contribution in [0.2, 0.25) is 5.02 Å². The van der Waals surface area contributed by atoms with Crippen molar-refractivity contribution in [1.82, 2.24) is 10.2 Å². The SMILES string of the molecule is O=C(NC1CCCCC1)[C@H](Cc1ccccc1)N(Cc1ccccc1Cl)C(=O)CSCc1ccc(F)cc1. The maximum Gasteiger partial charge on any atom is 0.243 e. The van der Waals surface area contributed by atoms with Crippen LogP contribution in [-0.2, 0) is 28.3 Å². The second kappa shape index (κ2) is 14.4. The first-order valence-corrected chi connectivity index (χ1v) is 14.7. The highest BCUT2D eigenvalue weighted by Gasteiger charge is 2.32. The van der Waals surface area contributed by atoms with E-state index in [-0.39, 0.29) is 36.0 Å². The highest BCUT2D eigenvalue weighted by atomic mass is 35.5. The standard InChI is InChI=1S/C31H34ClFN2O2S/c32-28-14-8-7-11-25(28)20-35(30(36)22-38-21-24-15-17-26(33)18-16-24)29(19-23-9-3-1-4-10-23)31(37)34-27-12-5-2-6-13-27/h1,3-4,7-11,14-18,27,29H,2,5-6,12-13,19-22H2,(H,34,37)/t29-/m0/s1. The van der Waals surface area contributed by atoms with Crippen molar-refractivity contribution in [2.24, 2.45) is 0 Å². The van der Waals surface area contributed by atoms with Crippen molar-refractivity contribution in [1.29, 1.82) is 0 Å². The zero-order valence-corrected chi connectivity index (χ0v) is 23.0. The molecule has 200 valence electrons. The van der Waals surface area contributed by atoms with Crippen LogP contribution < -0.4 is 5.32 Å². The van der Waals surface area contributed by atoms with Gasteiger partial charge in [-0.1, -0.05) is 91.5 Å². The van der Waals surface area contributed by atoms with Crippen LogP contribution in [0.4, 0.5) is 4.39 Å². The minimum atomic E-state index is -0.672. The average Bonchev–Trinajstić information content (AvgIpc) is 2.93. The summed E-state index contributed by atoms with van der Waals surface area (Å²) < 4.78 is 13.3. The van der Waals surface area contributed by atoms with Crippen LogP contribution in [0.5, 0.6) is 0 Å². The molecule has 0 heterocycles. The Morgan fingerprint density at radius 3 is 2.32 bits per heavy atom. The van der Waals surface area contributed by atoms with Crippen molar-refractivity contribution < 1.29 is 14.0 Å². The second-order valence-electron chi connectivity index (χ2n) is 9.78. The summed E-state index contributed by atoms with van der Waals surface area (Å²) in [5.74, 6) is 0.239. The fourth-order valence-corrected chi connectivity index (χ4v) is 5.89. The van der Waals surface area contributed by atoms with Crippen LogP contribution in [0, 0.1) is 5.82 Å². The maximum absolute atomic E-state index is 13.8. The quantitative estimate of drug-likeness (QED) is 0.284. The molecule has 1 fully saturated rings. The van der Waals surface area contributed by atoms with Crippen LogP contribution in [0.25, 0.3) is 0 Å².